The monoisotopic (exact) mass is 251 g/mol. The molecule has 1 aromatic heterocycles. The fourth-order valence-electron chi connectivity index (χ4n) is 1.48. The average molecular weight is 251 g/mol. The molecule has 0 fully saturated rings. The first kappa shape index (κ1) is 12.2. The lowest BCUT2D eigenvalue weighted by Crippen LogP contribution is -2.02. The molecule has 94 valence electrons. The maximum atomic E-state index is 13.0. The van der Waals surface area contributed by atoms with E-state index in [0.29, 0.717) is 17.8 Å². The van der Waals surface area contributed by atoms with Gasteiger partial charge in [-0.15, -0.1) is 0 Å². The molecule has 0 saturated carbocycles. The van der Waals surface area contributed by atoms with E-state index < -0.39 is 11.6 Å². The second-order valence-corrected chi connectivity index (χ2v) is 3.57. The fourth-order valence-corrected chi connectivity index (χ4v) is 1.48. The van der Waals surface area contributed by atoms with Crippen LogP contribution in [0.1, 0.15) is 12.5 Å². The first-order chi connectivity index (χ1) is 8.61. The number of hydrogen-bond acceptors (Lipinski definition) is 4. The number of nitrogen functional groups attached to an aromatic ring is 1. The van der Waals surface area contributed by atoms with E-state index in [4.69, 9.17) is 10.5 Å². The second-order valence-electron chi connectivity index (χ2n) is 3.57. The molecule has 0 aliphatic carbocycles. The normalized spacial score (nSPS) is 10.4. The SMILES string of the molecule is CCc1c(N)ncnc1Oc1ccc(F)c(F)c1. The average Bonchev–Trinajstić information content (AvgIpc) is 2.34. The number of anilines is 1. The van der Waals surface area contributed by atoms with E-state index in [1.165, 1.54) is 12.4 Å². The largest absolute Gasteiger partial charge is 0.438 e. The van der Waals surface area contributed by atoms with Gasteiger partial charge >= 0.3 is 0 Å². The van der Waals surface area contributed by atoms with Gasteiger partial charge in [0.25, 0.3) is 0 Å². The Balaban J connectivity index is 2.34. The highest BCUT2D eigenvalue weighted by atomic mass is 19.2. The predicted molar refractivity (Wildman–Crippen MR) is 62.3 cm³/mol. The van der Waals surface area contributed by atoms with E-state index in [1.54, 1.807) is 0 Å². The summed E-state index contributed by atoms with van der Waals surface area (Å²) in [5.74, 6) is -1.20. The van der Waals surface area contributed by atoms with E-state index in [2.05, 4.69) is 9.97 Å². The summed E-state index contributed by atoms with van der Waals surface area (Å²) in [6.07, 6.45) is 1.83. The van der Waals surface area contributed by atoms with Gasteiger partial charge in [0.1, 0.15) is 17.9 Å². The molecule has 0 saturated heterocycles. The zero-order chi connectivity index (χ0) is 13.1. The van der Waals surface area contributed by atoms with E-state index in [9.17, 15) is 8.78 Å². The summed E-state index contributed by atoms with van der Waals surface area (Å²) in [5, 5.41) is 0. The minimum Gasteiger partial charge on any atom is -0.438 e. The Morgan fingerprint density at radius 3 is 2.67 bits per heavy atom. The summed E-state index contributed by atoms with van der Waals surface area (Å²) < 4.78 is 31.2. The number of ether oxygens (including phenoxy) is 1. The van der Waals surface area contributed by atoms with Crippen LogP contribution in [0.15, 0.2) is 24.5 Å². The van der Waals surface area contributed by atoms with Gasteiger partial charge in [0, 0.05) is 6.07 Å². The van der Waals surface area contributed by atoms with Crippen LogP contribution in [0.4, 0.5) is 14.6 Å². The maximum Gasteiger partial charge on any atom is 0.227 e. The molecule has 0 spiro atoms. The van der Waals surface area contributed by atoms with Crippen molar-refractivity contribution in [2.75, 3.05) is 5.73 Å². The molecule has 1 aromatic carbocycles. The summed E-state index contributed by atoms with van der Waals surface area (Å²) in [6, 6.07) is 3.25. The van der Waals surface area contributed by atoms with Crippen LogP contribution in [-0.4, -0.2) is 9.97 Å². The molecule has 2 aromatic rings. The van der Waals surface area contributed by atoms with Crippen LogP contribution >= 0.6 is 0 Å². The van der Waals surface area contributed by atoms with Crippen molar-refractivity contribution < 1.29 is 13.5 Å². The molecule has 2 N–H and O–H groups in total. The van der Waals surface area contributed by atoms with Gasteiger partial charge in [0.15, 0.2) is 11.6 Å². The van der Waals surface area contributed by atoms with Crippen LogP contribution < -0.4 is 10.5 Å². The highest BCUT2D eigenvalue weighted by Crippen LogP contribution is 2.26. The van der Waals surface area contributed by atoms with Gasteiger partial charge < -0.3 is 10.5 Å². The van der Waals surface area contributed by atoms with Gasteiger partial charge in [-0.2, -0.15) is 0 Å². The van der Waals surface area contributed by atoms with Crippen molar-refractivity contribution in [2.45, 2.75) is 13.3 Å². The van der Waals surface area contributed by atoms with Crippen molar-refractivity contribution in [3.63, 3.8) is 0 Å². The molecule has 0 bridgehead atoms. The molecule has 0 aliphatic rings. The Bertz CT molecular complexity index is 575. The highest BCUT2D eigenvalue weighted by Gasteiger charge is 2.11. The number of nitrogens with zero attached hydrogens (tertiary/aromatic N) is 2. The first-order valence-electron chi connectivity index (χ1n) is 5.34. The lowest BCUT2D eigenvalue weighted by molar-refractivity contribution is 0.442. The van der Waals surface area contributed by atoms with E-state index in [0.717, 1.165) is 12.1 Å². The molecule has 2 rings (SSSR count). The van der Waals surface area contributed by atoms with Crippen LogP contribution in [0, 0.1) is 11.6 Å². The Labute approximate surface area is 102 Å². The topological polar surface area (TPSA) is 61.0 Å². The minimum atomic E-state index is -0.979. The molecule has 0 amide bonds. The maximum absolute atomic E-state index is 13.0. The standard InChI is InChI=1S/C12H11F2N3O/c1-2-8-11(15)16-6-17-12(8)18-7-3-4-9(13)10(14)5-7/h3-6H,2H2,1H3,(H2,15,16,17). The van der Waals surface area contributed by atoms with Gasteiger partial charge in [0.2, 0.25) is 5.88 Å². The Kier molecular flexibility index (Phi) is 3.36. The minimum absolute atomic E-state index is 0.154. The molecule has 18 heavy (non-hydrogen) atoms. The quantitative estimate of drug-likeness (QED) is 0.911. The molecule has 0 aliphatic heterocycles. The van der Waals surface area contributed by atoms with Crippen molar-refractivity contribution in [1.82, 2.24) is 9.97 Å². The summed E-state index contributed by atoms with van der Waals surface area (Å²) in [5.41, 5.74) is 6.30. The second kappa shape index (κ2) is 4.95. The van der Waals surface area contributed by atoms with Crippen molar-refractivity contribution in [1.29, 1.82) is 0 Å². The number of hydrogen-bond donors (Lipinski definition) is 1. The molecule has 6 heteroatoms. The first-order valence-corrected chi connectivity index (χ1v) is 5.34. The summed E-state index contributed by atoms with van der Waals surface area (Å²) in [4.78, 5) is 7.76. The number of rotatable bonds is 3. The van der Waals surface area contributed by atoms with Crippen LogP contribution in [0.2, 0.25) is 0 Å². The molecule has 0 unspecified atom stereocenters. The van der Waals surface area contributed by atoms with E-state index in [1.807, 2.05) is 6.92 Å². The lowest BCUT2D eigenvalue weighted by Gasteiger charge is -2.09. The van der Waals surface area contributed by atoms with Crippen LogP contribution in [-0.2, 0) is 6.42 Å². The predicted octanol–water partition coefficient (Wildman–Crippen LogP) is 2.69. The third-order valence-electron chi connectivity index (χ3n) is 2.40. The zero-order valence-corrected chi connectivity index (χ0v) is 9.65. The van der Waals surface area contributed by atoms with Gasteiger partial charge in [-0.1, -0.05) is 6.92 Å². The highest BCUT2D eigenvalue weighted by molar-refractivity contribution is 5.46. The zero-order valence-electron chi connectivity index (χ0n) is 9.65. The van der Waals surface area contributed by atoms with Crippen LogP contribution in [0.3, 0.4) is 0 Å². The molecule has 0 atom stereocenters. The number of nitrogens with two attached hydrogens (primary N) is 1. The Morgan fingerprint density at radius 1 is 1.22 bits per heavy atom. The van der Waals surface area contributed by atoms with Crippen molar-refractivity contribution in [3.8, 4) is 11.6 Å². The van der Waals surface area contributed by atoms with Crippen molar-refractivity contribution >= 4 is 5.82 Å². The van der Waals surface area contributed by atoms with Crippen LogP contribution in [0.25, 0.3) is 0 Å². The van der Waals surface area contributed by atoms with Gasteiger partial charge in [-0.05, 0) is 18.6 Å². The molecule has 4 nitrogen and oxygen atoms in total. The summed E-state index contributed by atoms with van der Waals surface area (Å²) in [7, 11) is 0. The van der Waals surface area contributed by atoms with Gasteiger partial charge in [-0.25, -0.2) is 18.7 Å². The summed E-state index contributed by atoms with van der Waals surface area (Å²) >= 11 is 0. The molecular weight excluding hydrogens is 240 g/mol. The molecule has 0 radical (unpaired) electrons. The third-order valence-corrected chi connectivity index (χ3v) is 2.40. The molecule has 1 heterocycles. The van der Waals surface area contributed by atoms with Crippen molar-refractivity contribution in [3.05, 3.63) is 41.7 Å². The van der Waals surface area contributed by atoms with Gasteiger partial charge in [0.05, 0.1) is 5.56 Å². The summed E-state index contributed by atoms with van der Waals surface area (Å²) in [6.45, 7) is 1.87. The van der Waals surface area contributed by atoms with Crippen molar-refractivity contribution in [2.24, 2.45) is 0 Å². The molecular formula is C12H11F2N3O. The Hall–Kier alpha value is -2.24. The van der Waals surface area contributed by atoms with Gasteiger partial charge in [-0.3, -0.25) is 0 Å². The number of aromatic nitrogens is 2. The van der Waals surface area contributed by atoms with E-state index >= 15 is 0 Å². The lowest BCUT2D eigenvalue weighted by atomic mass is 10.2. The third kappa shape index (κ3) is 2.37. The fraction of sp³-hybridized carbons (Fsp3) is 0.167. The number of benzene rings is 1. The Morgan fingerprint density at radius 2 is 2.00 bits per heavy atom. The van der Waals surface area contributed by atoms with E-state index in [-0.39, 0.29) is 11.6 Å². The number of halogens is 2. The van der Waals surface area contributed by atoms with Crippen LogP contribution in [0.5, 0.6) is 11.6 Å². The smallest absolute Gasteiger partial charge is 0.227 e.